The molecule has 0 fully saturated rings. The molecule has 1 atom stereocenters. The predicted molar refractivity (Wildman–Crippen MR) is 93.9 cm³/mol. The summed E-state index contributed by atoms with van der Waals surface area (Å²) < 4.78 is 12.8. The average Bonchev–Trinajstić information content (AvgIpc) is 2.84. The Labute approximate surface area is 147 Å². The van der Waals surface area contributed by atoms with Crippen LogP contribution in [-0.4, -0.2) is 59.8 Å². The van der Waals surface area contributed by atoms with E-state index >= 15 is 0 Å². The van der Waals surface area contributed by atoms with E-state index in [1.807, 2.05) is 36.0 Å². The number of fused-ring (bicyclic) bond motifs is 1. The monoisotopic (exact) mass is 351 g/mol. The second-order valence-electron chi connectivity index (χ2n) is 5.92. The van der Waals surface area contributed by atoms with Gasteiger partial charge in [-0.15, -0.1) is 0 Å². The van der Waals surface area contributed by atoms with Gasteiger partial charge in [0.1, 0.15) is 25.0 Å². The molecular weight excluding hydrogens is 324 g/mol. The van der Waals surface area contributed by atoms with Crippen molar-refractivity contribution in [3.05, 3.63) is 29.5 Å². The van der Waals surface area contributed by atoms with Gasteiger partial charge in [0, 0.05) is 23.6 Å². The fourth-order valence-electron chi connectivity index (χ4n) is 2.76. The van der Waals surface area contributed by atoms with Crippen molar-refractivity contribution in [1.29, 1.82) is 0 Å². The van der Waals surface area contributed by atoms with Gasteiger partial charge < -0.3 is 29.6 Å². The normalized spacial score (nSPS) is 12.4. The number of hydrogen-bond acceptors (Lipinski definition) is 5. The van der Waals surface area contributed by atoms with Crippen LogP contribution in [-0.2, 0) is 11.8 Å². The highest BCUT2D eigenvalue weighted by molar-refractivity contribution is 6.06. The number of aromatic nitrogens is 1. The average molecular weight is 351 g/mol. The van der Waals surface area contributed by atoms with E-state index in [1.165, 1.54) is 0 Å². The fraction of sp³-hybridized carbons (Fsp3) is 0.500. The Morgan fingerprint density at radius 2 is 2.16 bits per heavy atom. The van der Waals surface area contributed by atoms with Crippen LogP contribution in [0, 0.1) is 6.92 Å². The van der Waals surface area contributed by atoms with Gasteiger partial charge in [-0.2, -0.15) is 0 Å². The number of carbonyl (C=O) groups is 1. The zero-order valence-corrected chi connectivity index (χ0v) is 15.0. The lowest BCUT2D eigenvalue weighted by Gasteiger charge is -2.11. The zero-order valence-electron chi connectivity index (χ0n) is 15.0. The Morgan fingerprint density at radius 1 is 1.40 bits per heavy atom. The van der Waals surface area contributed by atoms with Crippen LogP contribution in [0.1, 0.15) is 23.0 Å². The van der Waals surface area contributed by atoms with Crippen molar-refractivity contribution in [2.24, 2.45) is 7.05 Å². The third-order valence-corrected chi connectivity index (χ3v) is 4.16. The molecule has 25 heavy (non-hydrogen) atoms. The largest absolute Gasteiger partial charge is 0.491 e. The van der Waals surface area contributed by atoms with Crippen LogP contribution in [0.5, 0.6) is 5.75 Å². The van der Waals surface area contributed by atoms with Gasteiger partial charge in [-0.3, -0.25) is 0 Å². The maximum absolute atomic E-state index is 12.3. The molecule has 2 rings (SSSR count). The van der Waals surface area contributed by atoms with E-state index in [4.69, 9.17) is 14.6 Å². The first-order valence-corrected chi connectivity index (χ1v) is 8.49. The van der Waals surface area contributed by atoms with Crippen LogP contribution in [0.15, 0.2) is 18.2 Å². The van der Waals surface area contributed by atoms with Crippen molar-refractivity contribution in [1.82, 2.24) is 4.57 Å². The molecule has 0 spiro atoms. The van der Waals surface area contributed by atoms with Crippen molar-refractivity contribution in [2.75, 3.05) is 32.9 Å². The van der Waals surface area contributed by atoms with Crippen LogP contribution in [0.3, 0.4) is 0 Å². The molecule has 1 aromatic heterocycles. The van der Waals surface area contributed by atoms with Crippen LogP contribution in [0.4, 0.5) is 0 Å². The quantitative estimate of drug-likeness (QED) is 0.435. The van der Waals surface area contributed by atoms with Gasteiger partial charge in [0.2, 0.25) is 0 Å². The number of hydrogen-bond donors (Lipinski definition) is 3. The molecule has 0 aliphatic carbocycles. The second-order valence-corrected chi connectivity index (χ2v) is 5.92. The topological polar surface area (TPSA) is 97.5 Å². The van der Waals surface area contributed by atoms with Gasteiger partial charge in [0.15, 0.2) is 0 Å². The number of carbonyl (C=O) groups excluding carboxylic acids is 1. The summed E-state index contributed by atoms with van der Waals surface area (Å²) >= 11 is 0. The molecule has 7 nitrogen and oxygen atoms in total. The molecule has 0 radical (unpaired) electrons. The third-order valence-electron chi connectivity index (χ3n) is 4.16. The molecule has 4 N–H and O–H groups in total. The number of rotatable bonds is 9. The molecule has 0 saturated carbocycles. The number of esters is 1. The van der Waals surface area contributed by atoms with Crippen molar-refractivity contribution >= 4 is 16.9 Å². The molecule has 2 aromatic rings. The lowest BCUT2D eigenvalue weighted by Crippen LogP contribution is -2.87. The van der Waals surface area contributed by atoms with Crippen LogP contribution >= 0.6 is 0 Å². The number of nitrogens with zero attached hydrogens (tertiary/aromatic N) is 1. The first-order valence-electron chi connectivity index (χ1n) is 8.49. The Kier molecular flexibility index (Phi) is 6.81. The standard InChI is InChI=1S/C18H26N2O5/c1-4-24-18(23)17-12(2)20(3)16-6-5-14(9-15(16)17)25-11-13(22)10-19-7-8-21/h5-6,9,13,19,21-22H,4,7-8,10-11H2,1-3H3/p+1/t13-/m0/s1. The van der Waals surface area contributed by atoms with E-state index in [9.17, 15) is 9.90 Å². The van der Waals surface area contributed by atoms with Gasteiger partial charge in [0.05, 0.1) is 25.3 Å². The van der Waals surface area contributed by atoms with E-state index in [-0.39, 0.29) is 19.2 Å². The molecule has 7 heteroatoms. The first-order chi connectivity index (χ1) is 12.0. The highest BCUT2D eigenvalue weighted by Crippen LogP contribution is 2.29. The van der Waals surface area contributed by atoms with Gasteiger partial charge in [0.25, 0.3) is 0 Å². The van der Waals surface area contributed by atoms with Crippen molar-refractivity contribution < 1.29 is 29.8 Å². The Morgan fingerprint density at radius 3 is 2.84 bits per heavy atom. The molecule has 138 valence electrons. The number of benzene rings is 1. The highest BCUT2D eigenvalue weighted by atomic mass is 16.5. The summed E-state index contributed by atoms with van der Waals surface area (Å²) in [7, 11) is 1.90. The molecule has 1 aromatic carbocycles. The second kappa shape index (κ2) is 8.84. The highest BCUT2D eigenvalue weighted by Gasteiger charge is 2.20. The number of aliphatic hydroxyl groups excluding tert-OH is 2. The molecule has 0 saturated heterocycles. The number of ether oxygens (including phenoxy) is 2. The summed E-state index contributed by atoms with van der Waals surface area (Å²) in [5, 5.41) is 21.2. The Balaban J connectivity index is 2.18. The third kappa shape index (κ3) is 4.50. The number of quaternary nitrogens is 1. The molecule has 0 amide bonds. The van der Waals surface area contributed by atoms with Crippen molar-refractivity contribution in [2.45, 2.75) is 20.0 Å². The summed E-state index contributed by atoms with van der Waals surface area (Å²) in [5.41, 5.74) is 2.30. The minimum absolute atomic E-state index is 0.0776. The minimum Gasteiger partial charge on any atom is -0.491 e. The van der Waals surface area contributed by atoms with E-state index in [1.54, 1.807) is 13.0 Å². The Hall–Kier alpha value is -2.09. The van der Waals surface area contributed by atoms with E-state index in [2.05, 4.69) is 0 Å². The molecule has 0 aliphatic heterocycles. The predicted octanol–water partition coefficient (Wildman–Crippen LogP) is -0.0412. The summed E-state index contributed by atoms with van der Waals surface area (Å²) in [4.78, 5) is 12.3. The molecule has 1 heterocycles. The number of aryl methyl sites for hydroxylation is 1. The number of aliphatic hydroxyl groups is 2. The zero-order chi connectivity index (χ0) is 18.4. The SMILES string of the molecule is CCOC(=O)c1c(C)n(C)c2ccc(OC[C@@H](O)C[NH2+]CCO)cc12. The lowest BCUT2D eigenvalue weighted by molar-refractivity contribution is -0.662. The molecular formula is C18H27N2O5+. The van der Waals surface area contributed by atoms with Crippen LogP contribution < -0.4 is 10.1 Å². The fourth-order valence-corrected chi connectivity index (χ4v) is 2.76. The van der Waals surface area contributed by atoms with E-state index < -0.39 is 6.10 Å². The van der Waals surface area contributed by atoms with Crippen LogP contribution in [0.25, 0.3) is 10.9 Å². The van der Waals surface area contributed by atoms with Crippen molar-refractivity contribution in [3.63, 3.8) is 0 Å². The van der Waals surface area contributed by atoms with Gasteiger partial charge >= 0.3 is 5.97 Å². The lowest BCUT2D eigenvalue weighted by atomic mass is 10.1. The summed E-state index contributed by atoms with van der Waals surface area (Å²) in [6.45, 7) is 5.22. The summed E-state index contributed by atoms with van der Waals surface area (Å²) in [5.74, 6) is 0.242. The maximum atomic E-state index is 12.3. The smallest absolute Gasteiger partial charge is 0.340 e. The summed E-state index contributed by atoms with van der Waals surface area (Å²) in [6, 6.07) is 5.52. The minimum atomic E-state index is -0.635. The first kappa shape index (κ1) is 19.2. The van der Waals surface area contributed by atoms with E-state index in [0.29, 0.717) is 31.0 Å². The molecule has 0 unspecified atom stereocenters. The van der Waals surface area contributed by atoms with Crippen LogP contribution in [0.2, 0.25) is 0 Å². The number of nitrogens with two attached hydrogens (primary N) is 1. The summed E-state index contributed by atoms with van der Waals surface area (Å²) in [6.07, 6.45) is -0.635. The van der Waals surface area contributed by atoms with E-state index in [0.717, 1.165) is 16.6 Å². The van der Waals surface area contributed by atoms with Crippen molar-refractivity contribution in [3.8, 4) is 5.75 Å². The van der Waals surface area contributed by atoms with Gasteiger partial charge in [-0.25, -0.2) is 4.79 Å². The molecule has 0 bridgehead atoms. The maximum Gasteiger partial charge on any atom is 0.340 e. The van der Waals surface area contributed by atoms with Gasteiger partial charge in [-0.1, -0.05) is 0 Å². The van der Waals surface area contributed by atoms with Gasteiger partial charge in [-0.05, 0) is 32.0 Å². The Bertz CT molecular complexity index is 726. The molecule has 0 aliphatic rings.